The van der Waals surface area contributed by atoms with Gasteiger partial charge in [0.05, 0.1) is 0 Å². The molecule has 1 N–H and O–H groups in total. The van der Waals surface area contributed by atoms with Crippen molar-refractivity contribution in [2.45, 2.75) is 58.8 Å². The first-order valence-corrected chi connectivity index (χ1v) is 5.84. The molecule has 13 heavy (non-hydrogen) atoms. The molecule has 0 amide bonds. The summed E-state index contributed by atoms with van der Waals surface area (Å²) in [6.07, 6.45) is 9.25. The molecule has 0 aromatic carbocycles. The molecule has 1 aliphatic rings. The van der Waals surface area contributed by atoms with Crippen molar-refractivity contribution < 1.29 is 5.11 Å². The lowest BCUT2D eigenvalue weighted by atomic mass is 9.80. The Morgan fingerprint density at radius 3 is 2.38 bits per heavy atom. The van der Waals surface area contributed by atoms with Gasteiger partial charge in [0.2, 0.25) is 0 Å². The molecule has 0 saturated heterocycles. The van der Waals surface area contributed by atoms with Crippen LogP contribution in [0.5, 0.6) is 0 Å². The first-order valence-electron chi connectivity index (χ1n) is 5.84. The third-order valence-electron chi connectivity index (χ3n) is 3.53. The van der Waals surface area contributed by atoms with E-state index in [4.69, 9.17) is 0 Å². The SMILES string of the molecule is CCCCCCC(C)(CO)C1CC1. The highest BCUT2D eigenvalue weighted by molar-refractivity contribution is 4.90. The predicted octanol–water partition coefficient (Wildman–Crippen LogP) is 3.37. The third-order valence-corrected chi connectivity index (χ3v) is 3.53. The average Bonchev–Trinajstić information content (AvgIpc) is 2.95. The molecule has 0 heterocycles. The molecule has 78 valence electrons. The Balaban J connectivity index is 2.15. The van der Waals surface area contributed by atoms with Crippen molar-refractivity contribution >= 4 is 0 Å². The van der Waals surface area contributed by atoms with E-state index in [-0.39, 0.29) is 5.41 Å². The molecule has 0 spiro atoms. The fourth-order valence-corrected chi connectivity index (χ4v) is 2.15. The Hall–Kier alpha value is -0.0400. The van der Waals surface area contributed by atoms with Crippen molar-refractivity contribution in [3.05, 3.63) is 0 Å². The second kappa shape index (κ2) is 4.99. The summed E-state index contributed by atoms with van der Waals surface area (Å²) >= 11 is 0. The predicted molar refractivity (Wildman–Crippen MR) is 56.7 cm³/mol. The molecular formula is C12H24O. The molecule has 1 unspecified atom stereocenters. The van der Waals surface area contributed by atoms with Gasteiger partial charge in [-0.25, -0.2) is 0 Å². The van der Waals surface area contributed by atoms with E-state index in [1.807, 2.05) is 0 Å². The Morgan fingerprint density at radius 2 is 1.92 bits per heavy atom. The van der Waals surface area contributed by atoms with Crippen LogP contribution in [0.1, 0.15) is 58.8 Å². The quantitative estimate of drug-likeness (QED) is 0.601. The van der Waals surface area contributed by atoms with Gasteiger partial charge in [-0.2, -0.15) is 0 Å². The summed E-state index contributed by atoms with van der Waals surface area (Å²) in [5, 5.41) is 9.35. The largest absolute Gasteiger partial charge is 0.396 e. The maximum absolute atomic E-state index is 9.35. The van der Waals surface area contributed by atoms with Gasteiger partial charge in [0.1, 0.15) is 0 Å². The zero-order valence-electron chi connectivity index (χ0n) is 9.18. The standard InChI is InChI=1S/C12H24O/c1-3-4-5-6-9-12(2,10-13)11-7-8-11/h11,13H,3-10H2,1-2H3. The molecule has 0 bridgehead atoms. The Bertz CT molecular complexity index is 140. The molecule has 1 atom stereocenters. The second-order valence-corrected chi connectivity index (χ2v) is 4.90. The Labute approximate surface area is 82.5 Å². The van der Waals surface area contributed by atoms with Crippen molar-refractivity contribution in [1.29, 1.82) is 0 Å². The molecular weight excluding hydrogens is 160 g/mol. The first kappa shape index (κ1) is 11.0. The summed E-state index contributed by atoms with van der Waals surface area (Å²) in [4.78, 5) is 0. The minimum Gasteiger partial charge on any atom is -0.396 e. The molecule has 1 nitrogen and oxygen atoms in total. The topological polar surface area (TPSA) is 20.2 Å². The van der Waals surface area contributed by atoms with Crippen LogP contribution < -0.4 is 0 Å². The highest BCUT2D eigenvalue weighted by atomic mass is 16.3. The molecule has 1 heteroatoms. The van der Waals surface area contributed by atoms with E-state index in [0.717, 1.165) is 5.92 Å². The van der Waals surface area contributed by atoms with E-state index in [9.17, 15) is 5.11 Å². The van der Waals surface area contributed by atoms with Crippen molar-refractivity contribution in [3.8, 4) is 0 Å². The van der Waals surface area contributed by atoms with Crippen molar-refractivity contribution in [2.75, 3.05) is 6.61 Å². The molecule has 1 aliphatic carbocycles. The van der Waals surface area contributed by atoms with Crippen LogP contribution >= 0.6 is 0 Å². The zero-order chi connectivity index (χ0) is 9.73. The van der Waals surface area contributed by atoms with E-state index >= 15 is 0 Å². The molecule has 1 fully saturated rings. The second-order valence-electron chi connectivity index (χ2n) is 4.90. The normalized spacial score (nSPS) is 21.5. The van der Waals surface area contributed by atoms with Crippen LogP contribution in [0.4, 0.5) is 0 Å². The molecule has 0 aromatic rings. The molecule has 0 aromatic heterocycles. The van der Waals surface area contributed by atoms with Crippen molar-refractivity contribution in [2.24, 2.45) is 11.3 Å². The number of hydrogen-bond donors (Lipinski definition) is 1. The van der Waals surface area contributed by atoms with Crippen LogP contribution in [0.3, 0.4) is 0 Å². The summed E-state index contributed by atoms with van der Waals surface area (Å²) in [6, 6.07) is 0. The van der Waals surface area contributed by atoms with Gasteiger partial charge in [-0.3, -0.25) is 0 Å². The van der Waals surface area contributed by atoms with E-state index in [0.29, 0.717) is 6.61 Å². The van der Waals surface area contributed by atoms with E-state index in [1.165, 1.54) is 44.9 Å². The van der Waals surface area contributed by atoms with Gasteiger partial charge < -0.3 is 5.11 Å². The first-order chi connectivity index (χ1) is 6.23. The van der Waals surface area contributed by atoms with Gasteiger partial charge in [0.15, 0.2) is 0 Å². The van der Waals surface area contributed by atoms with Crippen LogP contribution in [0.15, 0.2) is 0 Å². The fraction of sp³-hybridized carbons (Fsp3) is 1.00. The van der Waals surface area contributed by atoms with Gasteiger partial charge in [-0.15, -0.1) is 0 Å². The summed E-state index contributed by atoms with van der Waals surface area (Å²) in [7, 11) is 0. The number of hydrogen-bond acceptors (Lipinski definition) is 1. The number of rotatable bonds is 7. The van der Waals surface area contributed by atoms with Gasteiger partial charge >= 0.3 is 0 Å². The van der Waals surface area contributed by atoms with Gasteiger partial charge in [-0.05, 0) is 30.6 Å². The number of aliphatic hydroxyl groups excluding tert-OH is 1. The lowest BCUT2D eigenvalue weighted by Gasteiger charge is -2.27. The fourth-order valence-electron chi connectivity index (χ4n) is 2.15. The summed E-state index contributed by atoms with van der Waals surface area (Å²) in [5.74, 6) is 0.833. The minimum absolute atomic E-state index is 0.258. The van der Waals surface area contributed by atoms with Crippen molar-refractivity contribution in [3.63, 3.8) is 0 Å². The molecule has 1 saturated carbocycles. The minimum atomic E-state index is 0.258. The number of unbranched alkanes of at least 4 members (excludes halogenated alkanes) is 3. The van der Waals surface area contributed by atoms with Crippen LogP contribution in [0.2, 0.25) is 0 Å². The van der Waals surface area contributed by atoms with E-state index in [1.54, 1.807) is 0 Å². The Kier molecular flexibility index (Phi) is 4.24. The molecule has 0 aliphatic heterocycles. The average molecular weight is 184 g/mol. The molecule has 0 radical (unpaired) electrons. The van der Waals surface area contributed by atoms with Crippen molar-refractivity contribution in [1.82, 2.24) is 0 Å². The third kappa shape index (κ3) is 3.30. The van der Waals surface area contributed by atoms with Gasteiger partial charge in [-0.1, -0.05) is 39.5 Å². The van der Waals surface area contributed by atoms with Crippen LogP contribution in [0, 0.1) is 11.3 Å². The van der Waals surface area contributed by atoms with Crippen LogP contribution in [-0.2, 0) is 0 Å². The lowest BCUT2D eigenvalue weighted by molar-refractivity contribution is 0.107. The Morgan fingerprint density at radius 1 is 1.23 bits per heavy atom. The summed E-state index contributed by atoms with van der Waals surface area (Å²) in [6.45, 7) is 4.90. The molecule has 1 rings (SSSR count). The maximum atomic E-state index is 9.35. The van der Waals surface area contributed by atoms with E-state index in [2.05, 4.69) is 13.8 Å². The smallest absolute Gasteiger partial charge is 0.0487 e. The van der Waals surface area contributed by atoms with Crippen LogP contribution in [-0.4, -0.2) is 11.7 Å². The van der Waals surface area contributed by atoms with Gasteiger partial charge in [0.25, 0.3) is 0 Å². The summed E-state index contributed by atoms with van der Waals surface area (Å²) < 4.78 is 0. The summed E-state index contributed by atoms with van der Waals surface area (Å²) in [5.41, 5.74) is 0.258. The maximum Gasteiger partial charge on any atom is 0.0487 e. The van der Waals surface area contributed by atoms with E-state index < -0.39 is 0 Å². The van der Waals surface area contributed by atoms with Gasteiger partial charge in [0, 0.05) is 6.61 Å². The number of aliphatic hydroxyl groups is 1. The zero-order valence-corrected chi connectivity index (χ0v) is 9.18. The lowest BCUT2D eigenvalue weighted by Crippen LogP contribution is -2.23. The highest BCUT2D eigenvalue weighted by Crippen LogP contribution is 2.48. The van der Waals surface area contributed by atoms with Crippen LogP contribution in [0.25, 0.3) is 0 Å². The highest BCUT2D eigenvalue weighted by Gasteiger charge is 2.40. The monoisotopic (exact) mass is 184 g/mol.